The summed E-state index contributed by atoms with van der Waals surface area (Å²) in [4.78, 5) is 8.16. The first-order valence-electron chi connectivity index (χ1n) is 7.69. The van der Waals surface area contributed by atoms with Gasteiger partial charge in [0.2, 0.25) is 13.3 Å². The Hall–Kier alpha value is -2.10. The Kier molecular flexibility index (Phi) is 4.01. The minimum atomic E-state index is 0.418. The van der Waals surface area contributed by atoms with E-state index in [1.807, 2.05) is 34.6 Å². The summed E-state index contributed by atoms with van der Waals surface area (Å²) in [7, 11) is 0. The van der Waals surface area contributed by atoms with Crippen LogP contribution in [0.5, 0.6) is 0 Å². The highest BCUT2D eigenvalue weighted by Crippen LogP contribution is 2.28. The number of hydrogen-bond donors (Lipinski definition) is 0. The highest BCUT2D eigenvalue weighted by molar-refractivity contribution is 5.61. The fraction of sp³-hybridized carbons (Fsp3) is 0.333. The Morgan fingerprint density at radius 1 is 0.636 bits per heavy atom. The van der Waals surface area contributed by atoms with E-state index in [2.05, 4.69) is 75.1 Å². The normalized spacial score (nSPS) is 17.7. The van der Waals surface area contributed by atoms with Gasteiger partial charge in [-0.05, 0) is 52.0 Å². The minimum absolute atomic E-state index is 0.418. The van der Waals surface area contributed by atoms with E-state index in [9.17, 15) is 0 Å². The average molecular weight is 294 g/mol. The highest BCUT2D eigenvalue weighted by atomic mass is 15.4. The molecule has 0 aromatic heterocycles. The molecule has 1 aromatic rings. The van der Waals surface area contributed by atoms with Crippen molar-refractivity contribution in [2.24, 2.45) is 0 Å². The van der Waals surface area contributed by atoms with Crippen LogP contribution in [0.3, 0.4) is 0 Å². The predicted octanol–water partition coefficient (Wildman–Crippen LogP) is 3.68. The van der Waals surface area contributed by atoms with E-state index >= 15 is 0 Å². The lowest BCUT2D eigenvalue weighted by molar-refractivity contribution is 0.386. The van der Waals surface area contributed by atoms with Gasteiger partial charge in [-0.15, -0.1) is 0 Å². The largest absolute Gasteiger partial charge is 0.343 e. The molecule has 0 spiro atoms. The topological polar surface area (TPSA) is 13.0 Å². The van der Waals surface area contributed by atoms with Crippen LogP contribution in [0, 0.1) is 13.3 Å². The number of rotatable bonds is 4. The van der Waals surface area contributed by atoms with Crippen molar-refractivity contribution in [3.63, 3.8) is 0 Å². The van der Waals surface area contributed by atoms with Gasteiger partial charge in [0, 0.05) is 48.3 Å². The standard InChI is InChI=1S/C18H22N4/c1-15(2)19-9-11-21(13-19)17-5-7-18(8-6-17)22-12-10-20(14-22)16(3)4/h5-12,15-16H,1-4H3. The minimum Gasteiger partial charge on any atom is -0.343 e. The lowest BCUT2D eigenvalue weighted by Crippen LogP contribution is -2.25. The quantitative estimate of drug-likeness (QED) is 0.839. The molecule has 4 radical (unpaired) electrons. The van der Waals surface area contributed by atoms with Gasteiger partial charge in [0.05, 0.1) is 0 Å². The van der Waals surface area contributed by atoms with Crippen molar-refractivity contribution in [3.8, 4) is 0 Å². The third-order valence-electron chi connectivity index (χ3n) is 3.72. The van der Waals surface area contributed by atoms with E-state index in [1.165, 1.54) is 0 Å². The van der Waals surface area contributed by atoms with Crippen LogP contribution in [-0.2, 0) is 0 Å². The van der Waals surface area contributed by atoms with Gasteiger partial charge >= 0.3 is 0 Å². The lowest BCUT2D eigenvalue weighted by atomic mass is 10.2. The van der Waals surface area contributed by atoms with Gasteiger partial charge < -0.3 is 19.6 Å². The monoisotopic (exact) mass is 294 g/mol. The molecule has 0 atom stereocenters. The Labute approximate surface area is 133 Å². The maximum atomic E-state index is 3.32. The van der Waals surface area contributed by atoms with Crippen LogP contribution in [-0.4, -0.2) is 21.9 Å². The first kappa shape index (κ1) is 14.8. The van der Waals surface area contributed by atoms with Crippen LogP contribution in [0.15, 0.2) is 49.1 Å². The van der Waals surface area contributed by atoms with Crippen molar-refractivity contribution in [3.05, 3.63) is 62.4 Å². The number of nitrogens with zero attached hydrogens (tertiary/aromatic N) is 4. The Morgan fingerprint density at radius 2 is 1.00 bits per heavy atom. The van der Waals surface area contributed by atoms with Gasteiger partial charge in [0.15, 0.2) is 0 Å². The Balaban J connectivity index is 1.65. The van der Waals surface area contributed by atoms with Gasteiger partial charge in [0.25, 0.3) is 0 Å². The fourth-order valence-electron chi connectivity index (χ4n) is 2.30. The Bertz CT molecular complexity index is 508. The summed E-state index contributed by atoms with van der Waals surface area (Å²) in [6.45, 7) is 15.2. The molecule has 114 valence electrons. The van der Waals surface area contributed by atoms with Crippen molar-refractivity contribution in [1.82, 2.24) is 9.80 Å². The van der Waals surface area contributed by atoms with Gasteiger partial charge in [0.1, 0.15) is 0 Å². The van der Waals surface area contributed by atoms with E-state index in [1.54, 1.807) is 0 Å². The smallest absolute Gasteiger partial charge is 0.213 e. The van der Waals surface area contributed by atoms with Gasteiger partial charge in [-0.1, -0.05) is 0 Å². The number of hydrogen-bond acceptors (Lipinski definition) is 4. The molecule has 1 aromatic carbocycles. The molecular weight excluding hydrogens is 272 g/mol. The molecule has 0 fully saturated rings. The first-order chi connectivity index (χ1) is 10.5. The van der Waals surface area contributed by atoms with Crippen molar-refractivity contribution in [2.45, 2.75) is 39.8 Å². The molecule has 2 aliphatic heterocycles. The second-order valence-electron chi connectivity index (χ2n) is 6.05. The third-order valence-corrected chi connectivity index (χ3v) is 3.72. The summed E-state index contributed by atoms with van der Waals surface area (Å²) in [6, 6.07) is 9.24. The Morgan fingerprint density at radius 3 is 1.27 bits per heavy atom. The molecule has 0 bridgehead atoms. The zero-order valence-electron chi connectivity index (χ0n) is 13.6. The summed E-state index contributed by atoms with van der Waals surface area (Å²) in [5, 5.41) is 0. The summed E-state index contributed by atoms with van der Waals surface area (Å²) in [5.41, 5.74) is 2.21. The van der Waals surface area contributed by atoms with Crippen molar-refractivity contribution in [1.29, 1.82) is 0 Å². The zero-order chi connectivity index (χ0) is 15.7. The molecule has 4 heteroatoms. The predicted molar refractivity (Wildman–Crippen MR) is 90.1 cm³/mol. The second-order valence-corrected chi connectivity index (χ2v) is 6.05. The summed E-state index contributed by atoms with van der Waals surface area (Å²) in [6.07, 6.45) is 8.15. The average Bonchev–Trinajstić information content (AvgIpc) is 3.17. The van der Waals surface area contributed by atoms with Crippen LogP contribution in [0.2, 0.25) is 0 Å². The van der Waals surface area contributed by atoms with Crippen molar-refractivity contribution >= 4 is 11.4 Å². The summed E-state index contributed by atoms with van der Waals surface area (Å²) >= 11 is 0. The maximum absolute atomic E-state index is 3.32. The molecule has 2 aliphatic rings. The van der Waals surface area contributed by atoms with E-state index < -0.39 is 0 Å². The zero-order valence-corrected chi connectivity index (χ0v) is 13.6. The van der Waals surface area contributed by atoms with Gasteiger partial charge in [-0.3, -0.25) is 0 Å². The molecule has 0 amide bonds. The summed E-state index contributed by atoms with van der Waals surface area (Å²) < 4.78 is 0. The van der Waals surface area contributed by atoms with Crippen molar-refractivity contribution < 1.29 is 0 Å². The number of benzene rings is 1. The molecule has 3 rings (SSSR count). The molecule has 22 heavy (non-hydrogen) atoms. The van der Waals surface area contributed by atoms with Crippen LogP contribution < -0.4 is 9.80 Å². The number of anilines is 2. The molecule has 0 N–H and O–H groups in total. The van der Waals surface area contributed by atoms with E-state index in [0.29, 0.717) is 12.1 Å². The third kappa shape index (κ3) is 2.91. The summed E-state index contributed by atoms with van der Waals surface area (Å²) in [5.74, 6) is 0. The van der Waals surface area contributed by atoms with Gasteiger partial charge in [-0.2, -0.15) is 0 Å². The van der Waals surface area contributed by atoms with E-state index in [0.717, 1.165) is 11.4 Å². The molecule has 0 saturated carbocycles. The van der Waals surface area contributed by atoms with Crippen LogP contribution >= 0.6 is 0 Å². The lowest BCUT2D eigenvalue weighted by Gasteiger charge is -2.23. The van der Waals surface area contributed by atoms with Crippen LogP contribution in [0.4, 0.5) is 11.4 Å². The van der Waals surface area contributed by atoms with E-state index in [4.69, 9.17) is 0 Å². The first-order valence-corrected chi connectivity index (χ1v) is 7.69. The molecule has 0 saturated heterocycles. The molecule has 0 aliphatic carbocycles. The molecule has 4 nitrogen and oxygen atoms in total. The van der Waals surface area contributed by atoms with E-state index in [-0.39, 0.29) is 0 Å². The van der Waals surface area contributed by atoms with Crippen molar-refractivity contribution in [2.75, 3.05) is 9.80 Å². The molecule has 0 unspecified atom stereocenters. The fourth-order valence-corrected chi connectivity index (χ4v) is 2.30. The second kappa shape index (κ2) is 5.95. The molecular formula is C18H22N4. The maximum Gasteiger partial charge on any atom is 0.213 e. The molecule has 2 heterocycles. The van der Waals surface area contributed by atoms with Crippen LogP contribution in [0.25, 0.3) is 0 Å². The van der Waals surface area contributed by atoms with Gasteiger partial charge in [-0.25, -0.2) is 0 Å². The SMILES string of the molecule is CC(C)N1[C]N(c2ccc(N3[C]N(C(C)C)C=C3)cc2)C=C1. The highest BCUT2D eigenvalue weighted by Gasteiger charge is 2.20. The van der Waals surface area contributed by atoms with Crippen LogP contribution in [0.1, 0.15) is 27.7 Å².